The average molecular weight is 309 g/mol. The maximum Gasteiger partial charge on any atom is 0.340 e. The zero-order valence-electron chi connectivity index (χ0n) is 11.9. The molecule has 112 valence electrons. The summed E-state index contributed by atoms with van der Waals surface area (Å²) in [4.78, 5) is 12.0. The third-order valence-corrected chi connectivity index (χ3v) is 3.14. The predicted molar refractivity (Wildman–Crippen MR) is 82.6 cm³/mol. The Kier molecular flexibility index (Phi) is 4.75. The Balaban J connectivity index is 2.26. The second-order valence-corrected chi connectivity index (χ2v) is 4.92. The minimum atomic E-state index is -0.468. The summed E-state index contributed by atoms with van der Waals surface area (Å²) < 4.78 is 10.5. The van der Waals surface area contributed by atoms with E-state index in [-0.39, 0.29) is 6.61 Å². The van der Waals surface area contributed by atoms with Gasteiger partial charge >= 0.3 is 5.97 Å². The van der Waals surface area contributed by atoms with Gasteiger partial charge in [-0.15, -0.1) is 0 Å². The number of nitrogens with one attached hydrogen (secondary N) is 1. The number of hydrogen-bond donors (Lipinski definition) is 2. The van der Waals surface area contributed by atoms with Crippen LogP contribution in [0.15, 0.2) is 28.7 Å². The molecule has 1 aromatic carbocycles. The third kappa shape index (κ3) is 3.70. The maximum atomic E-state index is 12.0. The van der Waals surface area contributed by atoms with Gasteiger partial charge in [-0.3, -0.25) is 0 Å². The number of benzene rings is 1. The van der Waals surface area contributed by atoms with Crippen molar-refractivity contribution in [1.29, 1.82) is 0 Å². The normalized spacial score (nSPS) is 10.4. The van der Waals surface area contributed by atoms with Gasteiger partial charge in [-0.1, -0.05) is 11.6 Å². The van der Waals surface area contributed by atoms with E-state index >= 15 is 0 Å². The highest BCUT2D eigenvalue weighted by molar-refractivity contribution is 6.34. The molecule has 0 aliphatic rings. The van der Waals surface area contributed by atoms with Crippen molar-refractivity contribution in [2.45, 2.75) is 20.4 Å². The number of carbonyl (C=O) groups is 1. The molecule has 3 N–H and O–H groups in total. The van der Waals surface area contributed by atoms with Gasteiger partial charge in [0.05, 0.1) is 29.4 Å². The molecule has 5 nitrogen and oxygen atoms in total. The lowest BCUT2D eigenvalue weighted by Gasteiger charge is -2.13. The van der Waals surface area contributed by atoms with Crippen LogP contribution in [0.4, 0.5) is 11.4 Å². The lowest BCUT2D eigenvalue weighted by atomic mass is 10.1. The topological polar surface area (TPSA) is 77.5 Å². The number of rotatable bonds is 5. The Labute approximate surface area is 128 Å². The van der Waals surface area contributed by atoms with Crippen LogP contribution in [0.3, 0.4) is 0 Å². The third-order valence-electron chi connectivity index (χ3n) is 2.84. The fraction of sp³-hybridized carbons (Fsp3) is 0.267. The van der Waals surface area contributed by atoms with E-state index in [1.54, 1.807) is 19.1 Å². The first-order valence-corrected chi connectivity index (χ1v) is 6.94. The van der Waals surface area contributed by atoms with Gasteiger partial charge in [-0.25, -0.2) is 4.79 Å². The number of aryl methyl sites for hydroxylation is 1. The molecule has 0 unspecified atom stereocenters. The van der Waals surface area contributed by atoms with Crippen LogP contribution in [0.1, 0.15) is 28.8 Å². The van der Waals surface area contributed by atoms with E-state index in [9.17, 15) is 4.79 Å². The van der Waals surface area contributed by atoms with Gasteiger partial charge in [0.25, 0.3) is 0 Å². The standard InChI is InChI=1S/C15H17ClN2O3/c1-3-20-15(19)12-6-10(17)7-13(16)14(12)18-8-11-5-4-9(2)21-11/h4-7,18H,3,8,17H2,1-2H3. The highest BCUT2D eigenvalue weighted by atomic mass is 35.5. The molecule has 0 amide bonds. The Morgan fingerprint density at radius 1 is 1.43 bits per heavy atom. The zero-order chi connectivity index (χ0) is 15.4. The zero-order valence-corrected chi connectivity index (χ0v) is 12.7. The number of halogens is 1. The molecule has 0 saturated carbocycles. The fourth-order valence-electron chi connectivity index (χ4n) is 1.93. The van der Waals surface area contributed by atoms with Crippen LogP contribution in [-0.2, 0) is 11.3 Å². The van der Waals surface area contributed by atoms with Crippen molar-refractivity contribution in [2.75, 3.05) is 17.7 Å². The van der Waals surface area contributed by atoms with Gasteiger partial charge in [0.15, 0.2) is 0 Å². The molecular weight excluding hydrogens is 292 g/mol. The van der Waals surface area contributed by atoms with Crippen LogP contribution >= 0.6 is 11.6 Å². The monoisotopic (exact) mass is 308 g/mol. The number of carbonyl (C=O) groups excluding carboxylic acids is 1. The van der Waals surface area contributed by atoms with Crippen molar-refractivity contribution in [3.8, 4) is 0 Å². The molecule has 1 heterocycles. The molecule has 0 saturated heterocycles. The molecule has 2 aromatic rings. The van der Waals surface area contributed by atoms with Crippen molar-refractivity contribution in [1.82, 2.24) is 0 Å². The second kappa shape index (κ2) is 6.54. The summed E-state index contributed by atoms with van der Waals surface area (Å²) in [6.45, 7) is 4.29. The van der Waals surface area contributed by atoms with Crippen molar-refractivity contribution >= 4 is 28.9 Å². The molecule has 0 bridgehead atoms. The van der Waals surface area contributed by atoms with Crippen molar-refractivity contribution < 1.29 is 13.9 Å². The van der Waals surface area contributed by atoms with Crippen molar-refractivity contribution in [3.05, 3.63) is 46.4 Å². The smallest absolute Gasteiger partial charge is 0.340 e. The molecular formula is C15H17ClN2O3. The molecule has 21 heavy (non-hydrogen) atoms. The van der Waals surface area contributed by atoms with Crippen molar-refractivity contribution in [3.63, 3.8) is 0 Å². The number of furan rings is 1. The van der Waals surface area contributed by atoms with Gasteiger partial charge in [-0.05, 0) is 38.1 Å². The summed E-state index contributed by atoms with van der Waals surface area (Å²) in [7, 11) is 0. The summed E-state index contributed by atoms with van der Waals surface area (Å²) in [6, 6.07) is 6.85. The first-order valence-electron chi connectivity index (χ1n) is 6.56. The fourth-order valence-corrected chi connectivity index (χ4v) is 2.23. The summed E-state index contributed by atoms with van der Waals surface area (Å²) in [6.07, 6.45) is 0. The molecule has 1 aromatic heterocycles. The highest BCUT2D eigenvalue weighted by Crippen LogP contribution is 2.30. The Hall–Kier alpha value is -2.14. The number of anilines is 2. The lowest BCUT2D eigenvalue weighted by Crippen LogP contribution is -2.11. The van der Waals surface area contributed by atoms with E-state index in [0.29, 0.717) is 28.5 Å². The minimum absolute atomic E-state index is 0.280. The van der Waals surface area contributed by atoms with Gasteiger partial charge in [0, 0.05) is 5.69 Å². The van der Waals surface area contributed by atoms with Gasteiger partial charge in [-0.2, -0.15) is 0 Å². The van der Waals surface area contributed by atoms with Crippen LogP contribution < -0.4 is 11.1 Å². The van der Waals surface area contributed by atoms with Crippen LogP contribution in [0.25, 0.3) is 0 Å². The quantitative estimate of drug-likeness (QED) is 0.651. The summed E-state index contributed by atoms with van der Waals surface area (Å²) in [5.74, 6) is 1.10. The highest BCUT2D eigenvalue weighted by Gasteiger charge is 2.17. The van der Waals surface area contributed by atoms with E-state index in [1.807, 2.05) is 19.1 Å². The number of nitrogen functional groups attached to an aromatic ring is 1. The largest absolute Gasteiger partial charge is 0.465 e. The van der Waals surface area contributed by atoms with Crippen LogP contribution in [-0.4, -0.2) is 12.6 Å². The Bertz CT molecular complexity index is 652. The molecule has 0 fully saturated rings. The SMILES string of the molecule is CCOC(=O)c1cc(N)cc(Cl)c1NCc1ccc(C)o1. The molecule has 0 radical (unpaired) electrons. The maximum absolute atomic E-state index is 12.0. The second-order valence-electron chi connectivity index (χ2n) is 4.51. The van der Waals surface area contributed by atoms with Crippen LogP contribution in [0, 0.1) is 6.92 Å². The van der Waals surface area contributed by atoms with Crippen LogP contribution in [0.2, 0.25) is 5.02 Å². The van der Waals surface area contributed by atoms with Gasteiger partial charge in [0.2, 0.25) is 0 Å². The van der Waals surface area contributed by atoms with Crippen LogP contribution in [0.5, 0.6) is 0 Å². The number of ether oxygens (including phenoxy) is 1. The van der Waals surface area contributed by atoms with Gasteiger partial charge < -0.3 is 20.2 Å². The summed E-state index contributed by atoms with van der Waals surface area (Å²) in [5, 5.41) is 3.46. The molecule has 2 rings (SSSR count). The molecule has 0 atom stereocenters. The summed E-state index contributed by atoms with van der Waals surface area (Å²) >= 11 is 6.17. The van der Waals surface area contributed by atoms with E-state index in [4.69, 9.17) is 26.5 Å². The van der Waals surface area contributed by atoms with Crippen molar-refractivity contribution in [2.24, 2.45) is 0 Å². The number of nitrogens with two attached hydrogens (primary N) is 1. The minimum Gasteiger partial charge on any atom is -0.465 e. The Morgan fingerprint density at radius 3 is 2.81 bits per heavy atom. The predicted octanol–water partition coefficient (Wildman–Crippen LogP) is 3.61. The molecule has 6 heteroatoms. The lowest BCUT2D eigenvalue weighted by molar-refractivity contribution is 0.0527. The van der Waals surface area contributed by atoms with E-state index in [2.05, 4.69) is 5.32 Å². The number of esters is 1. The average Bonchev–Trinajstić information content (AvgIpc) is 2.83. The first kappa shape index (κ1) is 15.3. The Morgan fingerprint density at radius 2 is 2.19 bits per heavy atom. The summed E-state index contributed by atoms with van der Waals surface area (Å²) in [5.41, 5.74) is 6.93. The van der Waals surface area contributed by atoms with E-state index < -0.39 is 5.97 Å². The number of hydrogen-bond acceptors (Lipinski definition) is 5. The van der Waals surface area contributed by atoms with Gasteiger partial charge in [0.1, 0.15) is 11.5 Å². The van der Waals surface area contributed by atoms with E-state index in [0.717, 1.165) is 11.5 Å². The van der Waals surface area contributed by atoms with E-state index in [1.165, 1.54) is 0 Å². The first-order chi connectivity index (χ1) is 10.0. The molecule has 0 spiro atoms. The molecule has 0 aliphatic carbocycles. The molecule has 0 aliphatic heterocycles.